The summed E-state index contributed by atoms with van der Waals surface area (Å²) in [5.74, 6) is 0.337. The van der Waals surface area contributed by atoms with Crippen LogP contribution in [0.5, 0.6) is 17.2 Å². The number of nitrogens with one attached hydrogen (secondary N) is 1. The van der Waals surface area contributed by atoms with Gasteiger partial charge in [0.1, 0.15) is 16.9 Å². The molecule has 0 aliphatic heterocycles. The van der Waals surface area contributed by atoms with Crippen molar-refractivity contribution < 1.29 is 28.2 Å². The lowest BCUT2D eigenvalue weighted by Crippen LogP contribution is -2.34. The number of rotatable bonds is 12. The van der Waals surface area contributed by atoms with Gasteiger partial charge >= 0.3 is 11.6 Å². The van der Waals surface area contributed by atoms with E-state index < -0.39 is 17.5 Å². The summed E-state index contributed by atoms with van der Waals surface area (Å²) in [6.07, 6.45) is 6.83. The second-order valence-electron chi connectivity index (χ2n) is 8.65. The fourth-order valence-corrected chi connectivity index (χ4v) is 3.47. The van der Waals surface area contributed by atoms with Crippen LogP contribution in [0.15, 0.2) is 57.8 Å². The van der Waals surface area contributed by atoms with Crippen molar-refractivity contribution in [2.75, 3.05) is 13.7 Å². The molecule has 8 nitrogen and oxygen atoms in total. The molecule has 2 aromatic carbocycles. The largest absolute Gasteiger partial charge is 0.493 e. The number of hydrogen-bond acceptors (Lipinski definition) is 7. The summed E-state index contributed by atoms with van der Waals surface area (Å²) >= 11 is 0. The number of hydrogen-bond donors (Lipinski definition) is 1. The molecule has 0 aliphatic carbocycles. The second kappa shape index (κ2) is 13.3. The molecule has 196 valence electrons. The fourth-order valence-electron chi connectivity index (χ4n) is 3.47. The molecule has 1 N–H and O–H groups in total. The highest BCUT2D eigenvalue weighted by Crippen LogP contribution is 2.29. The number of fused-ring (bicyclic) bond motifs is 1. The van der Waals surface area contributed by atoms with E-state index in [-0.39, 0.29) is 22.9 Å². The maximum absolute atomic E-state index is 12.4. The first kappa shape index (κ1) is 27.5. The fraction of sp³-hybridized carbons (Fsp3) is 0.345. The van der Waals surface area contributed by atoms with E-state index in [0.29, 0.717) is 23.5 Å². The Labute approximate surface area is 216 Å². The number of amides is 1. The number of esters is 1. The van der Waals surface area contributed by atoms with Crippen molar-refractivity contribution in [3.8, 4) is 17.2 Å². The lowest BCUT2D eigenvalue weighted by molar-refractivity contribution is -0.128. The van der Waals surface area contributed by atoms with E-state index in [4.69, 9.17) is 18.6 Å². The molecule has 1 amide bonds. The van der Waals surface area contributed by atoms with Crippen LogP contribution in [0.25, 0.3) is 17.0 Å². The molecular weight excluding hydrogens is 474 g/mol. The molecule has 0 bridgehead atoms. The zero-order valence-electron chi connectivity index (χ0n) is 21.7. The highest BCUT2D eigenvalue weighted by Gasteiger charge is 2.16. The molecule has 0 saturated carbocycles. The Balaban J connectivity index is 1.67. The molecule has 1 heterocycles. The molecule has 0 spiro atoms. The predicted molar refractivity (Wildman–Crippen MR) is 142 cm³/mol. The minimum absolute atomic E-state index is 0.0691. The highest BCUT2D eigenvalue weighted by atomic mass is 16.5. The summed E-state index contributed by atoms with van der Waals surface area (Å²) in [4.78, 5) is 37.1. The van der Waals surface area contributed by atoms with E-state index in [1.54, 1.807) is 37.5 Å². The van der Waals surface area contributed by atoms with Crippen LogP contribution in [0.4, 0.5) is 0 Å². The van der Waals surface area contributed by atoms with Crippen LogP contribution < -0.4 is 25.2 Å². The van der Waals surface area contributed by atoms with Crippen molar-refractivity contribution in [2.24, 2.45) is 0 Å². The predicted octanol–water partition coefficient (Wildman–Crippen LogP) is 5.52. The standard InChI is InChI=1S/C29H33NO7/c1-5-7-8-15-35-24-13-9-20(16-26(24)34-4)10-14-27(31)36-22-12-11-21-17-23(28(32)30-19(3)6-2)29(33)37-25(21)18-22/h9-14,16-19H,5-8,15H2,1-4H3,(H,30,32)/b14-10+. The van der Waals surface area contributed by atoms with Crippen molar-refractivity contribution in [3.63, 3.8) is 0 Å². The summed E-state index contributed by atoms with van der Waals surface area (Å²) in [6, 6.07) is 11.4. The van der Waals surface area contributed by atoms with Gasteiger partial charge in [-0.3, -0.25) is 4.79 Å². The quantitative estimate of drug-likeness (QED) is 0.113. The third-order valence-electron chi connectivity index (χ3n) is 5.77. The van der Waals surface area contributed by atoms with Gasteiger partial charge < -0.3 is 23.9 Å². The lowest BCUT2D eigenvalue weighted by Gasteiger charge is -2.11. The third-order valence-corrected chi connectivity index (χ3v) is 5.77. The summed E-state index contributed by atoms with van der Waals surface area (Å²) in [6.45, 7) is 6.54. The van der Waals surface area contributed by atoms with Gasteiger partial charge in [-0.25, -0.2) is 9.59 Å². The molecule has 0 radical (unpaired) electrons. The Hall–Kier alpha value is -4.07. The Kier molecular flexibility index (Phi) is 9.89. The van der Waals surface area contributed by atoms with Gasteiger partial charge in [0.2, 0.25) is 0 Å². The molecule has 8 heteroatoms. The average Bonchev–Trinajstić information content (AvgIpc) is 2.89. The van der Waals surface area contributed by atoms with Crippen LogP contribution >= 0.6 is 0 Å². The van der Waals surface area contributed by atoms with E-state index in [2.05, 4.69) is 12.2 Å². The summed E-state index contributed by atoms with van der Waals surface area (Å²) in [5, 5.41) is 3.28. The van der Waals surface area contributed by atoms with E-state index in [1.807, 2.05) is 19.9 Å². The minimum Gasteiger partial charge on any atom is -0.493 e. The van der Waals surface area contributed by atoms with Gasteiger partial charge in [-0.2, -0.15) is 0 Å². The van der Waals surface area contributed by atoms with Gasteiger partial charge in [0.15, 0.2) is 11.5 Å². The number of unbranched alkanes of at least 4 members (excludes halogenated alkanes) is 2. The highest BCUT2D eigenvalue weighted by molar-refractivity contribution is 5.97. The molecule has 0 aliphatic rings. The second-order valence-corrected chi connectivity index (χ2v) is 8.65. The number of ether oxygens (including phenoxy) is 3. The average molecular weight is 508 g/mol. The van der Waals surface area contributed by atoms with Gasteiger partial charge in [-0.05, 0) is 61.7 Å². The third kappa shape index (κ3) is 7.70. The van der Waals surface area contributed by atoms with Crippen LogP contribution in [0.1, 0.15) is 62.4 Å². The topological polar surface area (TPSA) is 104 Å². The van der Waals surface area contributed by atoms with Gasteiger partial charge in [-0.15, -0.1) is 0 Å². The Bertz CT molecular complexity index is 1330. The molecule has 0 fully saturated rings. The van der Waals surface area contributed by atoms with Crippen LogP contribution in [0.3, 0.4) is 0 Å². The lowest BCUT2D eigenvalue weighted by atomic mass is 10.1. The van der Waals surface area contributed by atoms with Crippen LogP contribution in [-0.2, 0) is 4.79 Å². The number of carbonyl (C=O) groups excluding carboxylic acids is 2. The van der Waals surface area contributed by atoms with Crippen molar-refractivity contribution in [1.82, 2.24) is 5.32 Å². The molecular formula is C29H33NO7. The summed E-state index contributed by atoms with van der Waals surface area (Å²) in [7, 11) is 1.56. The van der Waals surface area contributed by atoms with E-state index in [0.717, 1.165) is 31.2 Å². The van der Waals surface area contributed by atoms with Crippen molar-refractivity contribution in [3.05, 3.63) is 70.1 Å². The SMILES string of the molecule is CCCCCOc1ccc(/C=C/C(=O)Oc2ccc3cc(C(=O)NC(C)CC)c(=O)oc3c2)cc1OC. The Morgan fingerprint density at radius 2 is 1.86 bits per heavy atom. The number of carbonyl (C=O) groups is 2. The minimum atomic E-state index is -0.761. The molecule has 1 aromatic heterocycles. The maximum Gasteiger partial charge on any atom is 0.349 e. The number of benzene rings is 2. The maximum atomic E-state index is 12.4. The molecule has 3 aromatic rings. The van der Waals surface area contributed by atoms with Crippen molar-refractivity contribution >= 4 is 28.9 Å². The van der Waals surface area contributed by atoms with Crippen LogP contribution in [0.2, 0.25) is 0 Å². The normalized spacial score (nSPS) is 11.9. The Morgan fingerprint density at radius 1 is 1.05 bits per heavy atom. The Morgan fingerprint density at radius 3 is 2.59 bits per heavy atom. The van der Waals surface area contributed by atoms with Gasteiger partial charge in [0, 0.05) is 23.6 Å². The summed E-state index contributed by atoms with van der Waals surface area (Å²) < 4.78 is 21.9. The van der Waals surface area contributed by atoms with E-state index >= 15 is 0 Å². The molecule has 1 atom stereocenters. The molecule has 1 unspecified atom stereocenters. The van der Waals surface area contributed by atoms with Gasteiger partial charge in [0.25, 0.3) is 5.91 Å². The smallest absolute Gasteiger partial charge is 0.349 e. The zero-order chi connectivity index (χ0) is 26.8. The van der Waals surface area contributed by atoms with Crippen molar-refractivity contribution in [2.45, 2.75) is 52.5 Å². The van der Waals surface area contributed by atoms with Crippen LogP contribution in [-0.4, -0.2) is 31.6 Å². The molecule has 3 rings (SSSR count). The van der Waals surface area contributed by atoms with E-state index in [1.165, 1.54) is 18.2 Å². The van der Waals surface area contributed by atoms with Gasteiger partial charge in [0.05, 0.1) is 13.7 Å². The summed E-state index contributed by atoms with van der Waals surface area (Å²) in [5.41, 5.74) is 0.109. The van der Waals surface area contributed by atoms with E-state index in [9.17, 15) is 14.4 Å². The molecule has 0 saturated heterocycles. The first-order valence-corrected chi connectivity index (χ1v) is 12.4. The molecule has 37 heavy (non-hydrogen) atoms. The van der Waals surface area contributed by atoms with Crippen LogP contribution in [0, 0.1) is 0 Å². The zero-order valence-corrected chi connectivity index (χ0v) is 21.7. The number of methoxy groups -OCH3 is 1. The van der Waals surface area contributed by atoms with Crippen molar-refractivity contribution in [1.29, 1.82) is 0 Å². The van der Waals surface area contributed by atoms with Gasteiger partial charge in [-0.1, -0.05) is 32.8 Å². The first-order chi connectivity index (χ1) is 17.8. The monoisotopic (exact) mass is 507 g/mol. The first-order valence-electron chi connectivity index (χ1n) is 12.4.